The maximum atomic E-state index is 4.69. The molecule has 1 aliphatic heterocycles. The number of aromatic nitrogens is 3. The van der Waals surface area contributed by atoms with Crippen molar-refractivity contribution in [1.29, 1.82) is 0 Å². The molecule has 0 amide bonds. The first-order chi connectivity index (χ1) is 13.4. The van der Waals surface area contributed by atoms with Gasteiger partial charge < -0.3 is 9.88 Å². The first-order valence-corrected chi connectivity index (χ1v) is 10.5. The van der Waals surface area contributed by atoms with Gasteiger partial charge in [-0.3, -0.25) is 4.68 Å². The second-order valence-corrected chi connectivity index (χ2v) is 8.74. The van der Waals surface area contributed by atoms with Gasteiger partial charge in [0.2, 0.25) is 0 Å². The number of rotatable bonds is 5. The Morgan fingerprint density at radius 3 is 2.71 bits per heavy atom. The second kappa shape index (κ2) is 7.50. The molecule has 2 aromatic heterocycles. The standard InChI is InChI=1S/C24H32N4/c1-16(2)12-20-14-24(27(5)26-20)18(4)28-10-8-19(9-11-28)22-15-25-23-13-17(3)6-7-21(22)23/h6-7,13-16,19,25H,4,8-12H2,1-3,5H3. The molecule has 0 bridgehead atoms. The lowest BCUT2D eigenvalue weighted by Crippen LogP contribution is -2.31. The summed E-state index contributed by atoms with van der Waals surface area (Å²) in [6.07, 6.45) is 5.56. The van der Waals surface area contributed by atoms with Crippen molar-refractivity contribution < 1.29 is 0 Å². The van der Waals surface area contributed by atoms with Crippen molar-refractivity contribution in [1.82, 2.24) is 19.7 Å². The zero-order valence-corrected chi connectivity index (χ0v) is 17.6. The van der Waals surface area contributed by atoms with Gasteiger partial charge >= 0.3 is 0 Å². The summed E-state index contributed by atoms with van der Waals surface area (Å²) in [5.74, 6) is 1.23. The summed E-state index contributed by atoms with van der Waals surface area (Å²) in [6, 6.07) is 8.95. The largest absolute Gasteiger partial charge is 0.370 e. The Kier molecular flexibility index (Phi) is 5.05. The van der Waals surface area contributed by atoms with Crippen molar-refractivity contribution >= 4 is 16.6 Å². The Labute approximate surface area is 168 Å². The van der Waals surface area contributed by atoms with E-state index >= 15 is 0 Å². The van der Waals surface area contributed by atoms with Gasteiger partial charge in [-0.2, -0.15) is 5.10 Å². The Hall–Kier alpha value is -2.49. The molecular formula is C24H32N4. The van der Waals surface area contributed by atoms with Gasteiger partial charge in [-0.15, -0.1) is 0 Å². The highest BCUT2D eigenvalue weighted by Crippen LogP contribution is 2.35. The molecule has 0 saturated carbocycles. The van der Waals surface area contributed by atoms with Crippen LogP contribution in [0.4, 0.5) is 0 Å². The fourth-order valence-corrected chi connectivity index (χ4v) is 4.54. The monoisotopic (exact) mass is 376 g/mol. The molecule has 0 radical (unpaired) electrons. The van der Waals surface area contributed by atoms with Crippen LogP contribution in [-0.2, 0) is 13.5 Å². The van der Waals surface area contributed by atoms with Gasteiger partial charge in [0.25, 0.3) is 0 Å². The smallest absolute Gasteiger partial charge is 0.0836 e. The van der Waals surface area contributed by atoms with Crippen molar-refractivity contribution in [3.8, 4) is 0 Å². The third-order valence-corrected chi connectivity index (χ3v) is 6.03. The van der Waals surface area contributed by atoms with E-state index in [1.54, 1.807) is 0 Å². The molecule has 3 aromatic rings. The zero-order chi connectivity index (χ0) is 19.8. The molecule has 1 aromatic carbocycles. The van der Waals surface area contributed by atoms with E-state index in [4.69, 9.17) is 0 Å². The van der Waals surface area contributed by atoms with Gasteiger partial charge in [0.1, 0.15) is 0 Å². The number of fused-ring (bicyclic) bond motifs is 1. The maximum Gasteiger partial charge on any atom is 0.0836 e. The lowest BCUT2D eigenvalue weighted by Gasteiger charge is -2.34. The number of H-pyrrole nitrogens is 1. The Balaban J connectivity index is 1.45. The lowest BCUT2D eigenvalue weighted by molar-refractivity contribution is 0.298. The number of nitrogens with zero attached hydrogens (tertiary/aromatic N) is 3. The average molecular weight is 377 g/mol. The highest BCUT2D eigenvalue weighted by molar-refractivity contribution is 5.84. The molecule has 1 saturated heterocycles. The summed E-state index contributed by atoms with van der Waals surface area (Å²) in [4.78, 5) is 5.91. The van der Waals surface area contributed by atoms with Gasteiger partial charge in [0.05, 0.1) is 17.1 Å². The van der Waals surface area contributed by atoms with E-state index in [-0.39, 0.29) is 0 Å². The average Bonchev–Trinajstić information content (AvgIpc) is 3.23. The number of aryl methyl sites for hydroxylation is 2. The first kappa shape index (κ1) is 18.9. The van der Waals surface area contributed by atoms with Crippen LogP contribution in [0, 0.1) is 12.8 Å². The molecule has 1 aliphatic rings. The van der Waals surface area contributed by atoms with Crippen LogP contribution in [0.1, 0.15) is 55.1 Å². The van der Waals surface area contributed by atoms with Crippen molar-refractivity contribution in [2.75, 3.05) is 13.1 Å². The van der Waals surface area contributed by atoms with Crippen LogP contribution in [0.2, 0.25) is 0 Å². The van der Waals surface area contributed by atoms with Gasteiger partial charge in [-0.25, -0.2) is 0 Å². The molecule has 0 atom stereocenters. The number of nitrogens with one attached hydrogen (secondary N) is 1. The fourth-order valence-electron chi connectivity index (χ4n) is 4.54. The molecule has 0 aliphatic carbocycles. The van der Waals surface area contributed by atoms with E-state index in [0.717, 1.165) is 49.4 Å². The molecule has 3 heterocycles. The molecule has 4 nitrogen and oxygen atoms in total. The normalized spacial score (nSPS) is 15.7. The molecule has 28 heavy (non-hydrogen) atoms. The van der Waals surface area contributed by atoms with Crippen LogP contribution in [0.3, 0.4) is 0 Å². The van der Waals surface area contributed by atoms with E-state index in [0.29, 0.717) is 11.8 Å². The second-order valence-electron chi connectivity index (χ2n) is 8.74. The number of likely N-dealkylation sites (tertiary alicyclic amines) is 1. The molecule has 4 rings (SSSR count). The topological polar surface area (TPSA) is 36.9 Å². The van der Waals surface area contributed by atoms with Gasteiger partial charge in [-0.1, -0.05) is 32.6 Å². The molecule has 148 valence electrons. The summed E-state index contributed by atoms with van der Waals surface area (Å²) in [5.41, 5.74) is 7.46. The fraction of sp³-hybridized carbons (Fsp3) is 0.458. The number of piperidine rings is 1. The van der Waals surface area contributed by atoms with Crippen LogP contribution in [0.15, 0.2) is 37.0 Å². The molecular weight excluding hydrogens is 344 g/mol. The summed E-state index contributed by atoms with van der Waals surface area (Å²) < 4.78 is 1.99. The Bertz CT molecular complexity index is 983. The van der Waals surface area contributed by atoms with Crippen molar-refractivity contribution in [2.24, 2.45) is 13.0 Å². The molecule has 1 N–H and O–H groups in total. The first-order valence-electron chi connectivity index (χ1n) is 10.5. The zero-order valence-electron chi connectivity index (χ0n) is 17.6. The quantitative estimate of drug-likeness (QED) is 0.659. The Morgan fingerprint density at radius 1 is 1.25 bits per heavy atom. The predicted molar refractivity (Wildman–Crippen MR) is 117 cm³/mol. The number of hydrogen-bond donors (Lipinski definition) is 1. The summed E-state index contributed by atoms with van der Waals surface area (Å²) >= 11 is 0. The lowest BCUT2D eigenvalue weighted by atomic mass is 9.89. The van der Waals surface area contributed by atoms with Crippen LogP contribution in [-0.4, -0.2) is 32.8 Å². The van der Waals surface area contributed by atoms with Gasteiger partial charge in [0, 0.05) is 37.2 Å². The van der Waals surface area contributed by atoms with E-state index in [9.17, 15) is 0 Å². The summed E-state index contributed by atoms with van der Waals surface area (Å²) in [6.45, 7) is 13.1. The maximum absolute atomic E-state index is 4.69. The predicted octanol–water partition coefficient (Wildman–Crippen LogP) is 5.26. The van der Waals surface area contributed by atoms with Crippen molar-refractivity contribution in [3.63, 3.8) is 0 Å². The highest BCUT2D eigenvalue weighted by Gasteiger charge is 2.25. The molecule has 4 heteroatoms. The van der Waals surface area contributed by atoms with E-state index in [2.05, 4.69) is 72.8 Å². The van der Waals surface area contributed by atoms with Crippen LogP contribution in [0.25, 0.3) is 16.6 Å². The highest BCUT2D eigenvalue weighted by atomic mass is 15.3. The third kappa shape index (κ3) is 3.60. The van der Waals surface area contributed by atoms with Gasteiger partial charge in [0.15, 0.2) is 0 Å². The minimum atomic E-state index is 0.614. The Morgan fingerprint density at radius 2 is 2.00 bits per heavy atom. The van der Waals surface area contributed by atoms with Crippen molar-refractivity contribution in [3.05, 3.63) is 59.6 Å². The summed E-state index contributed by atoms with van der Waals surface area (Å²) in [5, 5.41) is 6.07. The van der Waals surface area contributed by atoms with E-state index in [1.165, 1.54) is 22.0 Å². The number of aromatic amines is 1. The minimum absolute atomic E-state index is 0.614. The van der Waals surface area contributed by atoms with Crippen LogP contribution < -0.4 is 0 Å². The van der Waals surface area contributed by atoms with E-state index in [1.807, 2.05) is 11.7 Å². The third-order valence-electron chi connectivity index (χ3n) is 6.03. The summed E-state index contributed by atoms with van der Waals surface area (Å²) in [7, 11) is 2.03. The molecule has 1 fully saturated rings. The van der Waals surface area contributed by atoms with Gasteiger partial charge in [-0.05, 0) is 61.3 Å². The molecule has 0 spiro atoms. The van der Waals surface area contributed by atoms with Crippen LogP contribution >= 0.6 is 0 Å². The van der Waals surface area contributed by atoms with Crippen LogP contribution in [0.5, 0.6) is 0 Å². The van der Waals surface area contributed by atoms with Crippen molar-refractivity contribution in [2.45, 2.75) is 46.0 Å². The van der Waals surface area contributed by atoms with E-state index < -0.39 is 0 Å². The molecule has 0 unspecified atom stereocenters. The number of benzene rings is 1. The number of hydrogen-bond acceptors (Lipinski definition) is 2. The SMILES string of the molecule is C=C(c1cc(CC(C)C)nn1C)N1CCC(c2c[nH]c3cc(C)ccc23)CC1. The minimum Gasteiger partial charge on any atom is -0.370 e.